The van der Waals surface area contributed by atoms with Crippen LogP contribution in [0.3, 0.4) is 0 Å². The van der Waals surface area contributed by atoms with Crippen molar-refractivity contribution in [1.29, 1.82) is 0 Å². The van der Waals surface area contributed by atoms with Crippen LogP contribution in [-0.4, -0.2) is 20.9 Å². The molecule has 1 aromatic carbocycles. The van der Waals surface area contributed by atoms with E-state index in [1.54, 1.807) is 35.0 Å². The highest BCUT2D eigenvalue weighted by molar-refractivity contribution is 5.70. The molecule has 4 rings (SSSR count). The van der Waals surface area contributed by atoms with Crippen molar-refractivity contribution in [3.05, 3.63) is 42.6 Å². The van der Waals surface area contributed by atoms with Gasteiger partial charge in [0.25, 0.3) is 0 Å². The molecule has 0 spiro atoms. The monoisotopic (exact) mass is 275 g/mol. The normalized spacial score (nSPS) is 15.7. The van der Waals surface area contributed by atoms with E-state index in [1.807, 2.05) is 6.07 Å². The molecule has 0 radical (unpaired) electrons. The third-order valence-corrected chi connectivity index (χ3v) is 2.91. The summed E-state index contributed by atoms with van der Waals surface area (Å²) in [6, 6.07) is 10.00. The number of aromatic nitrogens is 3. The zero-order chi connectivity index (χ0) is 13.7. The third kappa shape index (κ3) is 1.59. The number of hydrogen-bond donors (Lipinski definition) is 0. The summed E-state index contributed by atoms with van der Waals surface area (Å²) in [4.78, 5) is 4.28. The van der Waals surface area contributed by atoms with E-state index in [4.69, 9.17) is 0 Å². The first-order chi connectivity index (χ1) is 9.62. The van der Waals surface area contributed by atoms with Gasteiger partial charge in [0, 0.05) is 6.20 Å². The molecule has 0 amide bonds. The van der Waals surface area contributed by atoms with Crippen LogP contribution in [0.15, 0.2) is 42.6 Å². The van der Waals surface area contributed by atoms with E-state index in [-0.39, 0.29) is 11.5 Å². The van der Waals surface area contributed by atoms with E-state index in [9.17, 15) is 8.78 Å². The first-order valence-electron chi connectivity index (χ1n) is 5.83. The first-order valence-corrected chi connectivity index (χ1v) is 5.83. The Balaban J connectivity index is 1.90. The number of nitrogens with zero attached hydrogens (tertiary/aromatic N) is 3. The van der Waals surface area contributed by atoms with E-state index >= 15 is 0 Å². The Labute approximate surface area is 111 Å². The lowest BCUT2D eigenvalue weighted by Crippen LogP contribution is -2.26. The first kappa shape index (κ1) is 11.2. The summed E-state index contributed by atoms with van der Waals surface area (Å²) in [5, 5.41) is 4.23. The minimum Gasteiger partial charge on any atom is -0.395 e. The van der Waals surface area contributed by atoms with Crippen LogP contribution < -0.4 is 9.47 Å². The molecule has 0 N–H and O–H groups in total. The minimum atomic E-state index is -3.66. The predicted octanol–water partition coefficient (Wildman–Crippen LogP) is 2.72. The second kappa shape index (κ2) is 3.66. The smallest absolute Gasteiger partial charge is 0.395 e. The van der Waals surface area contributed by atoms with Crippen molar-refractivity contribution < 1.29 is 18.3 Å². The lowest BCUT2D eigenvalue weighted by molar-refractivity contribution is -0.286. The number of halogens is 2. The van der Waals surface area contributed by atoms with Gasteiger partial charge in [0.1, 0.15) is 0 Å². The molecule has 0 saturated carbocycles. The van der Waals surface area contributed by atoms with Gasteiger partial charge >= 0.3 is 6.29 Å². The average molecular weight is 275 g/mol. The van der Waals surface area contributed by atoms with E-state index in [1.165, 1.54) is 6.07 Å². The van der Waals surface area contributed by atoms with Gasteiger partial charge in [0.15, 0.2) is 23.0 Å². The van der Waals surface area contributed by atoms with Gasteiger partial charge in [-0.1, -0.05) is 12.1 Å². The maximum absolute atomic E-state index is 13.1. The fourth-order valence-electron chi connectivity index (χ4n) is 2.09. The van der Waals surface area contributed by atoms with Crippen molar-refractivity contribution in [2.45, 2.75) is 6.29 Å². The van der Waals surface area contributed by atoms with Crippen LogP contribution in [-0.2, 0) is 0 Å². The van der Waals surface area contributed by atoms with Crippen molar-refractivity contribution in [3.63, 3.8) is 0 Å². The Morgan fingerprint density at radius 2 is 1.95 bits per heavy atom. The van der Waals surface area contributed by atoms with Crippen LogP contribution in [0.4, 0.5) is 8.78 Å². The quantitative estimate of drug-likeness (QED) is 0.685. The number of hydrogen-bond acceptors (Lipinski definition) is 4. The Hall–Kier alpha value is -2.70. The van der Waals surface area contributed by atoms with Gasteiger partial charge in [-0.05, 0) is 24.3 Å². The number of rotatable bonds is 1. The molecule has 3 aromatic rings. The number of ether oxygens (including phenoxy) is 2. The molecule has 5 nitrogen and oxygen atoms in total. The molecule has 2 aromatic heterocycles. The summed E-state index contributed by atoms with van der Waals surface area (Å²) in [6.07, 6.45) is -1.93. The standard InChI is InChI=1S/C13H7F2N3O2/c14-13(15)19-9-5-3-4-8(11(9)20-13)12-16-10-6-1-2-7-18(10)17-12/h1-7H. The highest BCUT2D eigenvalue weighted by Gasteiger charge is 2.44. The second-order valence-electron chi connectivity index (χ2n) is 4.24. The summed E-state index contributed by atoms with van der Waals surface area (Å²) < 4.78 is 36.8. The second-order valence-corrected chi connectivity index (χ2v) is 4.24. The Kier molecular flexibility index (Phi) is 2.04. The highest BCUT2D eigenvalue weighted by atomic mass is 19.3. The van der Waals surface area contributed by atoms with E-state index < -0.39 is 6.29 Å². The summed E-state index contributed by atoms with van der Waals surface area (Å²) in [6.45, 7) is 0. The molecule has 3 heterocycles. The topological polar surface area (TPSA) is 48.7 Å². The fraction of sp³-hybridized carbons (Fsp3) is 0.0769. The maximum atomic E-state index is 13.1. The SMILES string of the molecule is FC1(F)Oc2cccc(-c3nc4ccccn4n3)c2O1. The Morgan fingerprint density at radius 1 is 1.05 bits per heavy atom. The highest BCUT2D eigenvalue weighted by Crippen LogP contribution is 2.46. The molecular formula is C13H7F2N3O2. The molecule has 20 heavy (non-hydrogen) atoms. The van der Waals surface area contributed by atoms with E-state index in [2.05, 4.69) is 19.6 Å². The molecule has 7 heteroatoms. The van der Waals surface area contributed by atoms with Crippen LogP contribution in [0.1, 0.15) is 0 Å². The van der Waals surface area contributed by atoms with Crippen LogP contribution in [0, 0.1) is 0 Å². The minimum absolute atomic E-state index is 0.0219. The van der Waals surface area contributed by atoms with Crippen molar-refractivity contribution in [2.75, 3.05) is 0 Å². The Morgan fingerprint density at radius 3 is 2.80 bits per heavy atom. The predicted molar refractivity (Wildman–Crippen MR) is 64.6 cm³/mol. The molecule has 1 aliphatic heterocycles. The number of pyridine rings is 1. The van der Waals surface area contributed by atoms with Crippen molar-refractivity contribution >= 4 is 5.65 Å². The van der Waals surface area contributed by atoms with E-state index in [0.717, 1.165) is 0 Å². The van der Waals surface area contributed by atoms with Crippen LogP contribution >= 0.6 is 0 Å². The van der Waals surface area contributed by atoms with Gasteiger partial charge in [0.2, 0.25) is 0 Å². The number of alkyl halides is 2. The van der Waals surface area contributed by atoms with Crippen LogP contribution in [0.25, 0.3) is 17.0 Å². The molecule has 0 unspecified atom stereocenters. The van der Waals surface area contributed by atoms with Crippen molar-refractivity contribution in [1.82, 2.24) is 14.6 Å². The van der Waals surface area contributed by atoms with Gasteiger partial charge in [-0.3, -0.25) is 0 Å². The fourth-order valence-corrected chi connectivity index (χ4v) is 2.09. The Bertz CT molecular complexity index is 783. The molecule has 0 saturated heterocycles. The van der Waals surface area contributed by atoms with Gasteiger partial charge < -0.3 is 9.47 Å². The maximum Gasteiger partial charge on any atom is 0.586 e. The number of para-hydroxylation sites is 1. The molecular weight excluding hydrogens is 268 g/mol. The molecule has 0 atom stereocenters. The molecule has 0 fully saturated rings. The van der Waals surface area contributed by atoms with Gasteiger partial charge in [-0.25, -0.2) is 9.50 Å². The summed E-state index contributed by atoms with van der Waals surface area (Å²) in [5.74, 6) is 0.231. The molecule has 100 valence electrons. The zero-order valence-corrected chi connectivity index (χ0v) is 9.96. The average Bonchev–Trinajstić information content (AvgIpc) is 2.96. The number of fused-ring (bicyclic) bond motifs is 2. The molecule has 1 aliphatic rings. The molecule has 0 aliphatic carbocycles. The summed E-state index contributed by atoms with van der Waals surface area (Å²) in [5.41, 5.74) is 0.981. The van der Waals surface area contributed by atoms with Crippen LogP contribution in [0.5, 0.6) is 11.5 Å². The largest absolute Gasteiger partial charge is 0.586 e. The lowest BCUT2D eigenvalue weighted by atomic mass is 10.2. The van der Waals surface area contributed by atoms with Crippen molar-refractivity contribution in [2.24, 2.45) is 0 Å². The van der Waals surface area contributed by atoms with Gasteiger partial charge in [-0.15, -0.1) is 13.9 Å². The molecule has 0 bridgehead atoms. The third-order valence-electron chi connectivity index (χ3n) is 2.91. The number of benzene rings is 1. The van der Waals surface area contributed by atoms with Gasteiger partial charge in [-0.2, -0.15) is 0 Å². The van der Waals surface area contributed by atoms with Crippen LogP contribution in [0.2, 0.25) is 0 Å². The van der Waals surface area contributed by atoms with Crippen molar-refractivity contribution in [3.8, 4) is 22.9 Å². The lowest BCUT2D eigenvalue weighted by Gasteiger charge is -2.05. The summed E-state index contributed by atoms with van der Waals surface area (Å²) in [7, 11) is 0. The zero-order valence-electron chi connectivity index (χ0n) is 9.96. The van der Waals surface area contributed by atoms with Gasteiger partial charge in [0.05, 0.1) is 5.56 Å². The van der Waals surface area contributed by atoms with E-state index in [0.29, 0.717) is 17.0 Å². The summed E-state index contributed by atoms with van der Waals surface area (Å²) >= 11 is 0.